The van der Waals surface area contributed by atoms with Crippen LogP contribution < -0.4 is 0 Å². The zero-order chi connectivity index (χ0) is 11.1. The summed E-state index contributed by atoms with van der Waals surface area (Å²) in [7, 11) is 0. The molecule has 6 nitrogen and oxygen atoms in total. The maximum absolute atomic E-state index is 8.70. The third-order valence-electron chi connectivity index (χ3n) is 2.30. The number of nitrogens with one attached hydrogen (secondary N) is 2. The lowest BCUT2D eigenvalue weighted by molar-refractivity contribution is 1.24. The SMILES string of the molecule is N#Cc1nc2cc3nc(C#N)[nH]c3cc2[nH]1. The van der Waals surface area contributed by atoms with E-state index in [1.54, 1.807) is 12.1 Å². The number of aromatic nitrogens is 4. The van der Waals surface area contributed by atoms with E-state index in [0.29, 0.717) is 11.0 Å². The summed E-state index contributed by atoms with van der Waals surface area (Å²) in [6, 6.07) is 7.39. The lowest BCUT2D eigenvalue weighted by Gasteiger charge is -1.87. The topological polar surface area (TPSA) is 105 Å². The summed E-state index contributed by atoms with van der Waals surface area (Å²) in [4.78, 5) is 13.8. The Morgan fingerprint density at radius 2 is 1.38 bits per heavy atom. The number of nitrogens with zero attached hydrogens (tertiary/aromatic N) is 4. The summed E-state index contributed by atoms with van der Waals surface area (Å²) in [5.74, 6) is 0.534. The number of fused-ring (bicyclic) bond motifs is 2. The number of H-pyrrole nitrogens is 2. The van der Waals surface area contributed by atoms with Gasteiger partial charge in [-0.3, -0.25) is 0 Å². The van der Waals surface area contributed by atoms with Crippen molar-refractivity contribution in [2.75, 3.05) is 0 Å². The molecule has 3 aromatic rings. The highest BCUT2D eigenvalue weighted by atomic mass is 14.9. The van der Waals surface area contributed by atoms with Crippen molar-refractivity contribution in [1.29, 1.82) is 10.5 Å². The zero-order valence-electron chi connectivity index (χ0n) is 7.94. The third kappa shape index (κ3) is 1.04. The van der Waals surface area contributed by atoms with Crippen LogP contribution in [0, 0.1) is 22.7 Å². The van der Waals surface area contributed by atoms with Crippen LogP contribution in [0.15, 0.2) is 12.1 Å². The van der Waals surface area contributed by atoms with Crippen molar-refractivity contribution < 1.29 is 0 Å². The molecule has 1 aromatic carbocycles. The van der Waals surface area contributed by atoms with Crippen molar-refractivity contribution in [1.82, 2.24) is 19.9 Å². The Morgan fingerprint density at radius 1 is 0.875 bits per heavy atom. The highest BCUT2D eigenvalue weighted by molar-refractivity contribution is 5.91. The van der Waals surface area contributed by atoms with Crippen molar-refractivity contribution in [3.8, 4) is 12.1 Å². The highest BCUT2D eigenvalue weighted by Gasteiger charge is 2.07. The number of nitriles is 2. The second-order valence-electron chi connectivity index (χ2n) is 3.28. The fraction of sp³-hybridized carbons (Fsp3) is 0. The molecule has 0 aliphatic rings. The molecule has 3 rings (SSSR count). The van der Waals surface area contributed by atoms with E-state index in [1.807, 2.05) is 12.1 Å². The Labute approximate surface area is 89.2 Å². The van der Waals surface area contributed by atoms with E-state index < -0.39 is 0 Å². The molecule has 0 atom stereocenters. The first kappa shape index (κ1) is 8.45. The van der Waals surface area contributed by atoms with Gasteiger partial charge in [-0.1, -0.05) is 0 Å². The number of aromatic amines is 2. The van der Waals surface area contributed by atoms with Gasteiger partial charge in [-0.05, 0) is 12.1 Å². The van der Waals surface area contributed by atoms with Crippen LogP contribution in [0.5, 0.6) is 0 Å². The quantitative estimate of drug-likeness (QED) is 0.578. The standard InChI is InChI=1S/C10H4N6/c11-3-9-13-5-1-6-8(2-7(5)15-9)16-10(4-12)14-6/h1-2H,(H,13,15)(H,14,16). The lowest BCUT2D eigenvalue weighted by atomic mass is 10.3. The van der Waals surface area contributed by atoms with Crippen molar-refractivity contribution in [3.05, 3.63) is 23.8 Å². The Hall–Kier alpha value is -2.86. The number of hydrogen-bond acceptors (Lipinski definition) is 4. The fourth-order valence-electron chi connectivity index (χ4n) is 1.62. The minimum atomic E-state index is 0.267. The summed E-state index contributed by atoms with van der Waals surface area (Å²) >= 11 is 0. The molecule has 0 saturated heterocycles. The second kappa shape index (κ2) is 2.81. The lowest BCUT2D eigenvalue weighted by Crippen LogP contribution is -1.73. The predicted molar refractivity (Wildman–Crippen MR) is 55.2 cm³/mol. The first-order chi connectivity index (χ1) is 7.80. The van der Waals surface area contributed by atoms with Crippen LogP contribution >= 0.6 is 0 Å². The largest absolute Gasteiger partial charge is 0.329 e. The van der Waals surface area contributed by atoms with Crippen LogP contribution in [0.3, 0.4) is 0 Å². The molecular formula is C10H4N6. The summed E-state index contributed by atoms with van der Waals surface area (Å²) < 4.78 is 0. The molecule has 0 bridgehead atoms. The van der Waals surface area contributed by atoms with Crippen LogP contribution in [0.25, 0.3) is 22.1 Å². The van der Waals surface area contributed by atoms with E-state index in [2.05, 4.69) is 19.9 Å². The first-order valence-corrected chi connectivity index (χ1v) is 4.50. The van der Waals surface area contributed by atoms with Gasteiger partial charge in [0.1, 0.15) is 12.1 Å². The van der Waals surface area contributed by atoms with Crippen LogP contribution in [0.2, 0.25) is 0 Å². The maximum Gasteiger partial charge on any atom is 0.211 e. The van der Waals surface area contributed by atoms with E-state index in [4.69, 9.17) is 10.5 Å². The average molecular weight is 208 g/mol. The van der Waals surface area contributed by atoms with Crippen LogP contribution in [0.4, 0.5) is 0 Å². The van der Waals surface area contributed by atoms with Crippen LogP contribution in [-0.2, 0) is 0 Å². The Morgan fingerprint density at radius 3 is 1.81 bits per heavy atom. The number of imidazole rings is 2. The summed E-state index contributed by atoms with van der Waals surface area (Å²) in [6.45, 7) is 0. The second-order valence-corrected chi connectivity index (χ2v) is 3.28. The summed E-state index contributed by atoms with van der Waals surface area (Å²) in [6.07, 6.45) is 0. The van der Waals surface area contributed by atoms with Gasteiger partial charge in [0.05, 0.1) is 22.1 Å². The first-order valence-electron chi connectivity index (χ1n) is 4.50. The molecule has 2 aromatic heterocycles. The van der Waals surface area contributed by atoms with E-state index in [0.717, 1.165) is 11.0 Å². The monoisotopic (exact) mass is 208 g/mol. The third-order valence-corrected chi connectivity index (χ3v) is 2.30. The summed E-state index contributed by atoms with van der Waals surface area (Å²) in [5.41, 5.74) is 2.83. The molecule has 0 unspecified atom stereocenters. The van der Waals surface area contributed by atoms with E-state index in [9.17, 15) is 0 Å². The highest BCUT2D eigenvalue weighted by Crippen LogP contribution is 2.19. The van der Waals surface area contributed by atoms with Gasteiger partial charge >= 0.3 is 0 Å². The molecule has 0 spiro atoms. The molecule has 16 heavy (non-hydrogen) atoms. The van der Waals surface area contributed by atoms with Gasteiger partial charge in [-0.2, -0.15) is 10.5 Å². The predicted octanol–water partition coefficient (Wildman–Crippen LogP) is 1.18. The van der Waals surface area contributed by atoms with Gasteiger partial charge in [0.15, 0.2) is 0 Å². The van der Waals surface area contributed by atoms with Gasteiger partial charge in [-0.25, -0.2) is 9.97 Å². The van der Waals surface area contributed by atoms with Crippen molar-refractivity contribution in [2.24, 2.45) is 0 Å². The van der Waals surface area contributed by atoms with Crippen molar-refractivity contribution >= 4 is 22.1 Å². The molecule has 2 N–H and O–H groups in total. The van der Waals surface area contributed by atoms with E-state index in [-0.39, 0.29) is 11.6 Å². The van der Waals surface area contributed by atoms with E-state index in [1.165, 1.54) is 0 Å². The smallest absolute Gasteiger partial charge is 0.211 e. The molecule has 74 valence electrons. The maximum atomic E-state index is 8.70. The van der Waals surface area contributed by atoms with E-state index >= 15 is 0 Å². The Balaban J connectivity index is 2.39. The van der Waals surface area contributed by atoms with Crippen molar-refractivity contribution in [3.63, 3.8) is 0 Å². The zero-order valence-corrected chi connectivity index (χ0v) is 7.94. The van der Waals surface area contributed by atoms with Crippen molar-refractivity contribution in [2.45, 2.75) is 0 Å². The molecule has 2 heterocycles. The normalized spacial score (nSPS) is 10.4. The number of benzene rings is 1. The van der Waals surface area contributed by atoms with Gasteiger partial charge < -0.3 is 9.97 Å². The minimum Gasteiger partial charge on any atom is -0.329 e. The Kier molecular flexibility index (Phi) is 1.49. The fourth-order valence-corrected chi connectivity index (χ4v) is 1.62. The van der Waals surface area contributed by atoms with Crippen LogP contribution in [0.1, 0.15) is 11.6 Å². The molecule has 0 aliphatic carbocycles. The molecule has 0 amide bonds. The molecule has 6 heteroatoms. The number of hydrogen-bond donors (Lipinski definition) is 2. The van der Waals surface area contributed by atoms with Crippen LogP contribution in [-0.4, -0.2) is 19.9 Å². The molecule has 0 radical (unpaired) electrons. The number of rotatable bonds is 0. The van der Waals surface area contributed by atoms with Gasteiger partial charge in [0, 0.05) is 0 Å². The minimum absolute atomic E-state index is 0.267. The molecule has 0 aliphatic heterocycles. The molecular weight excluding hydrogens is 204 g/mol. The van der Waals surface area contributed by atoms with Gasteiger partial charge in [-0.15, -0.1) is 0 Å². The molecule has 0 fully saturated rings. The Bertz CT molecular complexity index is 664. The van der Waals surface area contributed by atoms with Gasteiger partial charge in [0.25, 0.3) is 0 Å². The van der Waals surface area contributed by atoms with Gasteiger partial charge in [0.2, 0.25) is 11.6 Å². The summed E-state index contributed by atoms with van der Waals surface area (Å²) in [5, 5.41) is 17.4. The molecule has 0 saturated carbocycles. The average Bonchev–Trinajstić information content (AvgIpc) is 2.86.